The summed E-state index contributed by atoms with van der Waals surface area (Å²) in [6.07, 6.45) is -0.268. The Morgan fingerprint density at radius 1 is 1.14 bits per heavy atom. The van der Waals surface area contributed by atoms with Crippen LogP contribution in [-0.4, -0.2) is 30.4 Å². The minimum absolute atomic E-state index is 0.196. The number of halogens is 2. The molecule has 0 fully saturated rings. The van der Waals surface area contributed by atoms with E-state index >= 15 is 0 Å². The fourth-order valence-corrected chi connectivity index (χ4v) is 3.68. The van der Waals surface area contributed by atoms with Gasteiger partial charge in [-0.1, -0.05) is 35.9 Å². The topological polar surface area (TPSA) is 38.8 Å². The highest BCUT2D eigenvalue weighted by atomic mass is 35.5. The van der Waals surface area contributed by atoms with Crippen LogP contribution in [0, 0.1) is 19.7 Å². The third-order valence-corrected chi connectivity index (χ3v) is 5.02. The Kier molecular flexibility index (Phi) is 7.66. The van der Waals surface area contributed by atoms with E-state index in [0.29, 0.717) is 17.0 Å². The first kappa shape index (κ1) is 23.2. The van der Waals surface area contributed by atoms with E-state index in [-0.39, 0.29) is 18.3 Å². The average molecular weight is 422 g/mol. The van der Waals surface area contributed by atoms with E-state index < -0.39 is 11.7 Å². The minimum Gasteiger partial charge on any atom is -0.442 e. The van der Waals surface area contributed by atoms with Crippen molar-refractivity contribution >= 4 is 17.7 Å². The van der Waals surface area contributed by atoms with Crippen LogP contribution in [0.5, 0.6) is 0 Å². The van der Waals surface area contributed by atoms with E-state index in [1.54, 1.807) is 32.9 Å². The van der Waals surface area contributed by atoms with Crippen molar-refractivity contribution in [3.8, 4) is 0 Å². The molecule has 2 aromatic carbocycles. The normalized spacial score (nSPS) is 12.6. The van der Waals surface area contributed by atoms with E-state index in [2.05, 4.69) is 0 Å². The maximum Gasteiger partial charge on any atom is 0.434 e. The van der Waals surface area contributed by atoms with Crippen LogP contribution in [0.3, 0.4) is 0 Å². The number of hydroxylamine groups is 2. The molecule has 29 heavy (non-hydrogen) atoms. The summed E-state index contributed by atoms with van der Waals surface area (Å²) in [5.41, 5.74) is 2.92. The number of hydrogen-bond donors (Lipinski definition) is 0. The van der Waals surface area contributed by atoms with Crippen molar-refractivity contribution in [3.63, 3.8) is 0 Å². The zero-order valence-corrected chi connectivity index (χ0v) is 18.6. The second-order valence-electron chi connectivity index (χ2n) is 8.13. The number of carbonyl (C=O) groups excluding carboxylic acids is 1. The smallest absolute Gasteiger partial charge is 0.434 e. The summed E-state index contributed by atoms with van der Waals surface area (Å²) in [5, 5.41) is 1.54. The largest absolute Gasteiger partial charge is 0.442 e. The maximum absolute atomic E-state index is 14.5. The quantitative estimate of drug-likeness (QED) is 0.519. The highest BCUT2D eigenvalue weighted by Crippen LogP contribution is 2.32. The van der Waals surface area contributed by atoms with Crippen LogP contribution in [0.25, 0.3) is 0 Å². The van der Waals surface area contributed by atoms with E-state index in [4.69, 9.17) is 21.2 Å². The molecule has 158 valence electrons. The monoisotopic (exact) mass is 421 g/mol. The standard InChI is InChI=1S/C23H29ClFNO3/c1-15-9-7-10-16(2)21(15)17(13-18-19(24)11-8-12-20(18)25)14-26(28-6)22(27)29-23(3,4)5/h7-12,17H,13-14H2,1-6H3. The molecule has 1 amide bonds. The lowest BCUT2D eigenvalue weighted by Gasteiger charge is -2.30. The molecule has 0 saturated carbocycles. The SMILES string of the molecule is CON(CC(Cc1c(F)cccc1Cl)c1c(C)cccc1C)C(=O)OC(C)(C)C. The van der Waals surface area contributed by atoms with Gasteiger partial charge in [0.1, 0.15) is 11.4 Å². The zero-order valence-electron chi connectivity index (χ0n) is 17.9. The Hall–Kier alpha value is -2.11. The number of rotatable bonds is 6. The first-order valence-electron chi connectivity index (χ1n) is 9.57. The Balaban J connectivity index is 2.43. The van der Waals surface area contributed by atoms with Crippen molar-refractivity contribution in [3.05, 3.63) is 69.5 Å². The number of amides is 1. The van der Waals surface area contributed by atoms with Crippen molar-refractivity contribution in [1.82, 2.24) is 5.06 Å². The van der Waals surface area contributed by atoms with Gasteiger partial charge in [-0.05, 0) is 69.9 Å². The van der Waals surface area contributed by atoms with Gasteiger partial charge >= 0.3 is 6.09 Å². The van der Waals surface area contributed by atoms with E-state index in [0.717, 1.165) is 16.7 Å². The molecule has 2 aromatic rings. The summed E-state index contributed by atoms with van der Waals surface area (Å²) < 4.78 is 20.0. The Bertz CT molecular complexity index is 823. The molecule has 1 atom stereocenters. The van der Waals surface area contributed by atoms with Gasteiger partial charge in [0, 0.05) is 16.5 Å². The number of benzene rings is 2. The molecule has 0 aliphatic rings. The van der Waals surface area contributed by atoms with Gasteiger partial charge in [-0.3, -0.25) is 4.84 Å². The van der Waals surface area contributed by atoms with Crippen molar-refractivity contribution < 1.29 is 18.8 Å². The van der Waals surface area contributed by atoms with Gasteiger partial charge in [0.25, 0.3) is 0 Å². The van der Waals surface area contributed by atoms with Crippen LogP contribution in [0.1, 0.15) is 48.9 Å². The molecule has 2 rings (SSSR count). The third kappa shape index (κ3) is 6.18. The highest BCUT2D eigenvalue weighted by Gasteiger charge is 2.28. The van der Waals surface area contributed by atoms with Crippen molar-refractivity contribution in [2.75, 3.05) is 13.7 Å². The van der Waals surface area contributed by atoms with Gasteiger partial charge < -0.3 is 4.74 Å². The molecule has 6 heteroatoms. The van der Waals surface area contributed by atoms with Gasteiger partial charge in [0.2, 0.25) is 0 Å². The predicted molar refractivity (Wildman–Crippen MR) is 114 cm³/mol. The number of carbonyl (C=O) groups is 1. The molecule has 0 heterocycles. The Morgan fingerprint density at radius 3 is 2.24 bits per heavy atom. The molecule has 1 unspecified atom stereocenters. The minimum atomic E-state index is -0.656. The average Bonchev–Trinajstić information content (AvgIpc) is 2.60. The first-order valence-corrected chi connectivity index (χ1v) is 9.95. The molecule has 4 nitrogen and oxygen atoms in total. The van der Waals surface area contributed by atoms with Crippen LogP contribution in [-0.2, 0) is 16.0 Å². The van der Waals surface area contributed by atoms with Crippen molar-refractivity contribution in [2.24, 2.45) is 0 Å². The molecule has 0 aliphatic carbocycles. The zero-order chi connectivity index (χ0) is 21.8. The van der Waals surface area contributed by atoms with Crippen LogP contribution >= 0.6 is 11.6 Å². The number of nitrogens with zero attached hydrogens (tertiary/aromatic N) is 1. The number of aryl methyl sites for hydroxylation is 2. The molecular formula is C23H29ClFNO3. The van der Waals surface area contributed by atoms with Gasteiger partial charge in [-0.15, -0.1) is 0 Å². The number of ether oxygens (including phenoxy) is 1. The Morgan fingerprint density at radius 2 is 1.72 bits per heavy atom. The van der Waals surface area contributed by atoms with Crippen molar-refractivity contribution in [1.29, 1.82) is 0 Å². The van der Waals surface area contributed by atoms with E-state index in [1.165, 1.54) is 18.2 Å². The summed E-state index contributed by atoms with van der Waals surface area (Å²) in [6.45, 7) is 9.58. The lowest BCUT2D eigenvalue weighted by atomic mass is 9.86. The summed E-state index contributed by atoms with van der Waals surface area (Å²) in [7, 11) is 1.42. The second-order valence-corrected chi connectivity index (χ2v) is 8.54. The molecule has 0 aromatic heterocycles. The molecule has 0 saturated heterocycles. The van der Waals surface area contributed by atoms with Gasteiger partial charge in [0.05, 0.1) is 13.7 Å². The molecule has 0 bridgehead atoms. The molecule has 0 radical (unpaired) electrons. The fraction of sp³-hybridized carbons (Fsp3) is 0.435. The molecule has 0 aliphatic heterocycles. The molecule has 0 N–H and O–H groups in total. The maximum atomic E-state index is 14.5. The van der Waals surface area contributed by atoms with Gasteiger partial charge in [-0.25, -0.2) is 9.18 Å². The first-order chi connectivity index (χ1) is 13.5. The van der Waals surface area contributed by atoms with Crippen LogP contribution in [0.4, 0.5) is 9.18 Å². The third-order valence-electron chi connectivity index (χ3n) is 4.67. The van der Waals surface area contributed by atoms with Gasteiger partial charge in [-0.2, -0.15) is 5.06 Å². The second kappa shape index (κ2) is 9.59. The highest BCUT2D eigenvalue weighted by molar-refractivity contribution is 6.31. The lowest BCUT2D eigenvalue weighted by Crippen LogP contribution is -2.39. The summed E-state index contributed by atoms with van der Waals surface area (Å²) >= 11 is 6.28. The van der Waals surface area contributed by atoms with Crippen LogP contribution < -0.4 is 0 Å². The molecular weight excluding hydrogens is 393 g/mol. The van der Waals surface area contributed by atoms with Crippen molar-refractivity contribution in [2.45, 2.75) is 52.6 Å². The summed E-state index contributed by atoms with van der Waals surface area (Å²) in [4.78, 5) is 17.9. The molecule has 0 spiro atoms. The van der Waals surface area contributed by atoms with Crippen LogP contribution in [0.2, 0.25) is 5.02 Å². The van der Waals surface area contributed by atoms with E-state index in [1.807, 2.05) is 32.0 Å². The van der Waals surface area contributed by atoms with Gasteiger partial charge in [0.15, 0.2) is 0 Å². The number of hydrogen-bond acceptors (Lipinski definition) is 3. The Labute approximate surface area is 177 Å². The predicted octanol–water partition coefficient (Wildman–Crippen LogP) is 6.22. The fourth-order valence-electron chi connectivity index (χ4n) is 3.44. The summed E-state index contributed by atoms with van der Waals surface area (Å²) in [6, 6.07) is 10.6. The summed E-state index contributed by atoms with van der Waals surface area (Å²) in [5.74, 6) is -0.604. The van der Waals surface area contributed by atoms with Crippen LogP contribution in [0.15, 0.2) is 36.4 Å². The van der Waals surface area contributed by atoms with E-state index in [9.17, 15) is 9.18 Å². The lowest BCUT2D eigenvalue weighted by molar-refractivity contribution is -0.126.